The summed E-state index contributed by atoms with van der Waals surface area (Å²) in [4.78, 5) is 0. The van der Waals surface area contributed by atoms with Crippen LogP contribution in [0.25, 0.3) is 0 Å². The van der Waals surface area contributed by atoms with E-state index in [1.54, 1.807) is 6.21 Å². The van der Waals surface area contributed by atoms with E-state index in [2.05, 4.69) is 0 Å². The Morgan fingerprint density at radius 1 is 1.00 bits per heavy atom. The van der Waals surface area contributed by atoms with Crippen LogP contribution in [0.15, 0.2) is 48.5 Å². The quantitative estimate of drug-likeness (QED) is 0.332. The third-order valence-electron chi connectivity index (χ3n) is 2.67. The minimum absolute atomic E-state index is 0.703. The minimum Gasteiger partial charge on any atom is -0.618 e. The van der Waals surface area contributed by atoms with E-state index < -0.39 is 0 Å². The summed E-state index contributed by atoms with van der Waals surface area (Å²) in [7, 11) is 0. The van der Waals surface area contributed by atoms with Crippen molar-refractivity contribution in [2.45, 2.75) is 13.8 Å². The molecular weight excluding hydrogens is 210 g/mol. The first-order valence-corrected chi connectivity index (χ1v) is 5.60. The number of hydrogen-bond donors (Lipinski definition) is 0. The third-order valence-corrected chi connectivity index (χ3v) is 2.67. The molecule has 17 heavy (non-hydrogen) atoms. The number of aryl methyl sites for hydroxylation is 2. The highest BCUT2D eigenvalue weighted by atomic mass is 16.5. The topological polar surface area (TPSA) is 26.1 Å². The average Bonchev–Trinajstić information content (AvgIpc) is 2.33. The summed E-state index contributed by atoms with van der Waals surface area (Å²) in [6, 6.07) is 15.5. The van der Waals surface area contributed by atoms with Crippen LogP contribution in [0.4, 0.5) is 5.69 Å². The molecule has 0 saturated heterocycles. The van der Waals surface area contributed by atoms with E-state index >= 15 is 0 Å². The number of benzene rings is 2. The van der Waals surface area contributed by atoms with Crippen molar-refractivity contribution in [3.8, 4) is 0 Å². The van der Waals surface area contributed by atoms with Crippen molar-refractivity contribution in [3.05, 3.63) is 70.4 Å². The Hall–Kier alpha value is -2.09. The van der Waals surface area contributed by atoms with Crippen LogP contribution < -0.4 is 0 Å². The smallest absolute Gasteiger partial charge is 0.219 e. The lowest BCUT2D eigenvalue weighted by molar-refractivity contribution is -0.355. The first-order valence-electron chi connectivity index (χ1n) is 5.60. The van der Waals surface area contributed by atoms with Crippen LogP contribution in [-0.4, -0.2) is 11.0 Å². The molecule has 0 fully saturated rings. The molecule has 0 atom stereocenters. The Labute approximate surface area is 101 Å². The van der Waals surface area contributed by atoms with Gasteiger partial charge in [0.15, 0.2) is 6.21 Å². The molecule has 2 nitrogen and oxygen atoms in total. The fourth-order valence-corrected chi connectivity index (χ4v) is 1.70. The Morgan fingerprint density at radius 2 is 1.71 bits per heavy atom. The van der Waals surface area contributed by atoms with Gasteiger partial charge in [0.1, 0.15) is 0 Å². The molecule has 0 heterocycles. The first kappa shape index (κ1) is 11.4. The van der Waals surface area contributed by atoms with E-state index in [1.807, 2.05) is 62.4 Å². The molecule has 86 valence electrons. The van der Waals surface area contributed by atoms with Gasteiger partial charge in [-0.05, 0) is 31.5 Å². The maximum atomic E-state index is 12.0. The fraction of sp³-hybridized carbons (Fsp3) is 0.133. The zero-order valence-electron chi connectivity index (χ0n) is 10.1. The van der Waals surface area contributed by atoms with Gasteiger partial charge in [0.25, 0.3) is 0 Å². The van der Waals surface area contributed by atoms with E-state index in [1.165, 1.54) is 0 Å². The normalized spacial score (nSPS) is 11.5. The maximum Gasteiger partial charge on any atom is 0.219 e. The van der Waals surface area contributed by atoms with Crippen molar-refractivity contribution in [1.29, 1.82) is 0 Å². The van der Waals surface area contributed by atoms with Crippen LogP contribution in [0.2, 0.25) is 0 Å². The maximum absolute atomic E-state index is 12.0. The van der Waals surface area contributed by atoms with E-state index in [0.29, 0.717) is 5.69 Å². The first-order chi connectivity index (χ1) is 8.16. The van der Waals surface area contributed by atoms with Gasteiger partial charge in [-0.1, -0.05) is 30.3 Å². The molecule has 0 radical (unpaired) electrons. The lowest BCUT2D eigenvalue weighted by Crippen LogP contribution is -2.00. The number of nitrogens with zero attached hydrogens (tertiary/aromatic N) is 1. The molecule has 0 aliphatic rings. The standard InChI is InChI=1S/C15H15NO/c1-12-8-9-13(2)15(10-12)16(17)11-14-6-4-3-5-7-14/h3-11H,1-2H3. The minimum atomic E-state index is 0.703. The number of hydrogen-bond acceptors (Lipinski definition) is 1. The van der Waals surface area contributed by atoms with Crippen molar-refractivity contribution in [2.75, 3.05) is 0 Å². The van der Waals surface area contributed by atoms with Crippen molar-refractivity contribution < 1.29 is 4.74 Å². The summed E-state index contributed by atoms with van der Waals surface area (Å²) >= 11 is 0. The van der Waals surface area contributed by atoms with Gasteiger partial charge in [-0.2, -0.15) is 4.74 Å². The molecule has 0 aromatic heterocycles. The Bertz CT molecular complexity index is 544. The molecule has 2 rings (SSSR count). The van der Waals surface area contributed by atoms with Gasteiger partial charge < -0.3 is 5.21 Å². The summed E-state index contributed by atoms with van der Waals surface area (Å²) in [6.07, 6.45) is 1.60. The Morgan fingerprint density at radius 3 is 2.41 bits per heavy atom. The molecular formula is C15H15NO. The molecule has 0 aliphatic heterocycles. The Balaban J connectivity index is 2.40. The van der Waals surface area contributed by atoms with Crippen molar-refractivity contribution in [2.24, 2.45) is 0 Å². The van der Waals surface area contributed by atoms with Gasteiger partial charge in [-0.3, -0.25) is 0 Å². The lowest BCUT2D eigenvalue weighted by atomic mass is 10.1. The van der Waals surface area contributed by atoms with Crippen LogP contribution >= 0.6 is 0 Å². The average molecular weight is 225 g/mol. The van der Waals surface area contributed by atoms with Gasteiger partial charge in [0.2, 0.25) is 5.69 Å². The summed E-state index contributed by atoms with van der Waals surface area (Å²) in [5, 5.41) is 12.0. The van der Waals surface area contributed by atoms with E-state index in [0.717, 1.165) is 21.4 Å². The second kappa shape index (κ2) is 4.83. The predicted molar refractivity (Wildman–Crippen MR) is 70.8 cm³/mol. The third kappa shape index (κ3) is 2.72. The highest BCUT2D eigenvalue weighted by molar-refractivity contribution is 5.76. The Kier molecular flexibility index (Phi) is 3.24. The molecule has 0 unspecified atom stereocenters. The van der Waals surface area contributed by atoms with Gasteiger partial charge in [-0.25, -0.2) is 0 Å². The molecule has 0 N–H and O–H groups in total. The summed E-state index contributed by atoms with van der Waals surface area (Å²) in [6.45, 7) is 3.93. The van der Waals surface area contributed by atoms with E-state index in [-0.39, 0.29) is 0 Å². The SMILES string of the molecule is Cc1ccc(C)c([N+]([O-])=Cc2ccccc2)c1. The van der Waals surface area contributed by atoms with Crippen LogP contribution in [-0.2, 0) is 0 Å². The van der Waals surface area contributed by atoms with Gasteiger partial charge >= 0.3 is 0 Å². The lowest BCUT2D eigenvalue weighted by Gasteiger charge is -2.06. The monoisotopic (exact) mass is 225 g/mol. The molecule has 0 amide bonds. The fourth-order valence-electron chi connectivity index (χ4n) is 1.70. The van der Waals surface area contributed by atoms with Gasteiger partial charge in [0.05, 0.1) is 0 Å². The molecule has 0 aliphatic carbocycles. The zero-order chi connectivity index (χ0) is 12.3. The van der Waals surface area contributed by atoms with Crippen molar-refractivity contribution in [3.63, 3.8) is 0 Å². The molecule has 0 spiro atoms. The summed E-state index contributed by atoms with van der Waals surface area (Å²) < 4.78 is 0.928. The largest absolute Gasteiger partial charge is 0.618 e. The van der Waals surface area contributed by atoms with Crippen LogP contribution in [0.3, 0.4) is 0 Å². The van der Waals surface area contributed by atoms with Crippen LogP contribution in [0.5, 0.6) is 0 Å². The molecule has 2 aromatic rings. The van der Waals surface area contributed by atoms with E-state index in [9.17, 15) is 5.21 Å². The molecule has 0 saturated carbocycles. The van der Waals surface area contributed by atoms with Crippen LogP contribution in [0.1, 0.15) is 16.7 Å². The second-order valence-electron chi connectivity index (χ2n) is 4.16. The molecule has 0 bridgehead atoms. The molecule has 2 heteroatoms. The summed E-state index contributed by atoms with van der Waals surface area (Å²) in [5.74, 6) is 0. The van der Waals surface area contributed by atoms with Crippen LogP contribution in [0, 0.1) is 19.1 Å². The molecule has 2 aromatic carbocycles. The van der Waals surface area contributed by atoms with Crippen molar-refractivity contribution >= 4 is 11.9 Å². The van der Waals surface area contributed by atoms with Crippen molar-refractivity contribution in [1.82, 2.24) is 0 Å². The highest BCUT2D eigenvalue weighted by Gasteiger charge is 2.06. The van der Waals surface area contributed by atoms with E-state index in [4.69, 9.17) is 0 Å². The zero-order valence-corrected chi connectivity index (χ0v) is 10.1. The van der Waals surface area contributed by atoms with Gasteiger partial charge in [-0.15, -0.1) is 0 Å². The predicted octanol–water partition coefficient (Wildman–Crippen LogP) is 3.56. The summed E-state index contributed by atoms with van der Waals surface area (Å²) in [5.41, 5.74) is 3.68. The second-order valence-corrected chi connectivity index (χ2v) is 4.16. The highest BCUT2D eigenvalue weighted by Crippen LogP contribution is 2.19. The number of rotatable bonds is 2. The van der Waals surface area contributed by atoms with Gasteiger partial charge in [0, 0.05) is 17.2 Å².